The fourth-order valence-corrected chi connectivity index (χ4v) is 3.17. The van der Waals surface area contributed by atoms with Crippen LogP contribution >= 0.6 is 11.6 Å². The molecule has 3 aromatic rings. The first-order chi connectivity index (χ1) is 11.7. The lowest BCUT2D eigenvalue weighted by Crippen LogP contribution is -2.04. The Morgan fingerprint density at radius 2 is 1.96 bits per heavy atom. The molecule has 3 rings (SSSR count). The number of ether oxygens (including phenoxy) is 1. The van der Waals surface area contributed by atoms with Gasteiger partial charge in [-0.1, -0.05) is 30.7 Å². The van der Waals surface area contributed by atoms with E-state index in [1.165, 1.54) is 5.56 Å². The average Bonchev–Trinajstić information content (AvgIpc) is 2.94. The van der Waals surface area contributed by atoms with Gasteiger partial charge in [-0.05, 0) is 48.4 Å². The molecular weight excluding hydrogens is 322 g/mol. The fourth-order valence-electron chi connectivity index (χ4n) is 2.96. The Labute approximate surface area is 147 Å². The summed E-state index contributed by atoms with van der Waals surface area (Å²) in [5.74, 6) is 1.02. The molecule has 0 fully saturated rings. The Kier molecular flexibility index (Phi) is 5.19. The molecule has 0 amide bonds. The molecule has 2 aromatic carbocycles. The van der Waals surface area contributed by atoms with E-state index in [1.807, 2.05) is 12.1 Å². The van der Waals surface area contributed by atoms with Crippen LogP contribution in [0.25, 0.3) is 16.7 Å². The molecule has 5 heteroatoms. The molecule has 126 valence electrons. The molecule has 4 nitrogen and oxygen atoms in total. The molecular formula is C19H22ClN3O. The molecule has 1 aromatic heterocycles. The molecule has 0 radical (unpaired) electrons. The normalized spacial score (nSPS) is 11.3. The van der Waals surface area contributed by atoms with E-state index >= 15 is 0 Å². The largest absolute Gasteiger partial charge is 0.380 e. The highest BCUT2D eigenvalue weighted by atomic mass is 35.5. The van der Waals surface area contributed by atoms with Gasteiger partial charge in [0.1, 0.15) is 5.82 Å². The third-order valence-corrected chi connectivity index (χ3v) is 4.49. The Balaban J connectivity index is 2.13. The molecule has 0 aliphatic heterocycles. The number of halogens is 1. The van der Waals surface area contributed by atoms with Crippen LogP contribution in [0.4, 0.5) is 0 Å². The highest BCUT2D eigenvalue weighted by Crippen LogP contribution is 2.28. The van der Waals surface area contributed by atoms with E-state index in [2.05, 4.69) is 35.8 Å². The third-order valence-electron chi connectivity index (χ3n) is 4.14. The van der Waals surface area contributed by atoms with Gasteiger partial charge in [0, 0.05) is 24.2 Å². The van der Waals surface area contributed by atoms with Crippen LogP contribution in [0.1, 0.15) is 23.9 Å². The summed E-state index contributed by atoms with van der Waals surface area (Å²) >= 11 is 6.43. The third kappa shape index (κ3) is 3.18. The zero-order chi connectivity index (χ0) is 17.1. The number of methoxy groups -OCH3 is 1. The van der Waals surface area contributed by atoms with Gasteiger partial charge in [-0.15, -0.1) is 0 Å². The summed E-state index contributed by atoms with van der Waals surface area (Å²) in [5.41, 5.74) is 10.9. The Hall–Kier alpha value is -1.88. The number of hydrogen-bond donors (Lipinski definition) is 1. The number of rotatable bonds is 6. The van der Waals surface area contributed by atoms with Crippen molar-refractivity contribution in [1.29, 1.82) is 0 Å². The molecule has 0 saturated heterocycles. The molecule has 0 atom stereocenters. The maximum Gasteiger partial charge on any atom is 0.114 e. The number of benzene rings is 2. The van der Waals surface area contributed by atoms with E-state index in [0.29, 0.717) is 18.2 Å². The highest BCUT2D eigenvalue weighted by molar-refractivity contribution is 6.32. The van der Waals surface area contributed by atoms with Crippen LogP contribution in [0.2, 0.25) is 5.02 Å². The van der Waals surface area contributed by atoms with E-state index < -0.39 is 0 Å². The minimum absolute atomic E-state index is 0.483. The van der Waals surface area contributed by atoms with E-state index in [4.69, 9.17) is 27.1 Å². The standard InChI is InChI=1S/C19H22ClN3O/c1-3-19-22-17-10-14(12-24-2)16(20)11-18(17)23(19)15-6-4-13(5-7-15)8-9-21/h4-7,10-11H,3,8-9,12,21H2,1-2H3. The van der Waals surface area contributed by atoms with Gasteiger partial charge in [-0.3, -0.25) is 4.57 Å². The minimum atomic E-state index is 0.483. The van der Waals surface area contributed by atoms with Crippen LogP contribution in [-0.2, 0) is 24.2 Å². The van der Waals surface area contributed by atoms with Crippen molar-refractivity contribution in [3.05, 3.63) is 58.4 Å². The lowest BCUT2D eigenvalue weighted by Gasteiger charge is -2.10. The number of nitrogens with two attached hydrogens (primary N) is 1. The van der Waals surface area contributed by atoms with Crippen LogP contribution in [0, 0.1) is 0 Å². The first kappa shape index (κ1) is 17.0. The van der Waals surface area contributed by atoms with Crippen LogP contribution in [0.5, 0.6) is 0 Å². The van der Waals surface area contributed by atoms with E-state index in [9.17, 15) is 0 Å². The van der Waals surface area contributed by atoms with Crippen molar-refractivity contribution in [3.63, 3.8) is 0 Å². The van der Waals surface area contributed by atoms with Crippen molar-refractivity contribution in [2.45, 2.75) is 26.4 Å². The molecule has 0 unspecified atom stereocenters. The highest BCUT2D eigenvalue weighted by Gasteiger charge is 2.14. The summed E-state index contributed by atoms with van der Waals surface area (Å²) < 4.78 is 7.38. The van der Waals surface area contributed by atoms with Crippen molar-refractivity contribution < 1.29 is 4.74 Å². The molecule has 24 heavy (non-hydrogen) atoms. The van der Waals surface area contributed by atoms with Crippen molar-refractivity contribution in [2.24, 2.45) is 5.73 Å². The van der Waals surface area contributed by atoms with Crippen LogP contribution in [-0.4, -0.2) is 23.2 Å². The summed E-state index contributed by atoms with van der Waals surface area (Å²) in [6.45, 7) is 3.25. The summed E-state index contributed by atoms with van der Waals surface area (Å²) in [4.78, 5) is 4.78. The maximum atomic E-state index is 6.43. The van der Waals surface area contributed by atoms with Gasteiger partial charge in [0.15, 0.2) is 0 Å². The molecule has 0 aliphatic carbocycles. The number of hydrogen-bond acceptors (Lipinski definition) is 3. The van der Waals surface area contributed by atoms with Gasteiger partial charge in [-0.2, -0.15) is 0 Å². The van der Waals surface area contributed by atoms with Crippen molar-refractivity contribution >= 4 is 22.6 Å². The summed E-state index contributed by atoms with van der Waals surface area (Å²) in [6, 6.07) is 12.5. The smallest absolute Gasteiger partial charge is 0.114 e. The van der Waals surface area contributed by atoms with E-state index in [1.54, 1.807) is 7.11 Å². The zero-order valence-electron chi connectivity index (χ0n) is 14.1. The quantitative estimate of drug-likeness (QED) is 0.738. The van der Waals surface area contributed by atoms with Gasteiger partial charge < -0.3 is 10.5 Å². The zero-order valence-corrected chi connectivity index (χ0v) is 14.8. The monoisotopic (exact) mass is 343 g/mol. The molecule has 0 bridgehead atoms. The van der Waals surface area contributed by atoms with Gasteiger partial charge in [0.05, 0.1) is 17.6 Å². The SMILES string of the molecule is CCc1nc2cc(COC)c(Cl)cc2n1-c1ccc(CCN)cc1. The van der Waals surface area contributed by atoms with E-state index in [-0.39, 0.29) is 0 Å². The topological polar surface area (TPSA) is 53.1 Å². The van der Waals surface area contributed by atoms with Crippen LogP contribution in [0.15, 0.2) is 36.4 Å². The predicted octanol–water partition coefficient (Wildman–Crippen LogP) is 3.89. The Morgan fingerprint density at radius 3 is 2.58 bits per heavy atom. The number of aromatic nitrogens is 2. The lowest BCUT2D eigenvalue weighted by atomic mass is 10.1. The maximum absolute atomic E-state index is 6.43. The average molecular weight is 344 g/mol. The molecule has 0 aliphatic rings. The first-order valence-corrected chi connectivity index (χ1v) is 8.53. The van der Waals surface area contributed by atoms with Crippen molar-refractivity contribution in [2.75, 3.05) is 13.7 Å². The van der Waals surface area contributed by atoms with Crippen molar-refractivity contribution in [3.8, 4) is 5.69 Å². The predicted molar refractivity (Wildman–Crippen MR) is 98.9 cm³/mol. The Bertz CT molecular complexity index is 840. The van der Waals surface area contributed by atoms with Gasteiger partial charge in [-0.25, -0.2) is 4.98 Å². The lowest BCUT2D eigenvalue weighted by molar-refractivity contribution is 0.185. The Morgan fingerprint density at radius 1 is 1.21 bits per heavy atom. The minimum Gasteiger partial charge on any atom is -0.380 e. The summed E-state index contributed by atoms with van der Waals surface area (Å²) in [5, 5.41) is 0.702. The number of nitrogens with zero attached hydrogens (tertiary/aromatic N) is 2. The van der Waals surface area contributed by atoms with E-state index in [0.717, 1.165) is 41.0 Å². The van der Waals surface area contributed by atoms with Gasteiger partial charge >= 0.3 is 0 Å². The number of fused-ring (bicyclic) bond motifs is 1. The summed E-state index contributed by atoms with van der Waals surface area (Å²) in [6.07, 6.45) is 1.73. The molecule has 2 N–H and O–H groups in total. The molecule has 0 spiro atoms. The van der Waals surface area contributed by atoms with Crippen molar-refractivity contribution in [1.82, 2.24) is 9.55 Å². The number of imidazole rings is 1. The van der Waals surface area contributed by atoms with Gasteiger partial charge in [0.25, 0.3) is 0 Å². The molecule has 1 heterocycles. The summed E-state index contributed by atoms with van der Waals surface area (Å²) in [7, 11) is 1.67. The first-order valence-electron chi connectivity index (χ1n) is 8.16. The second-order valence-electron chi connectivity index (χ2n) is 5.79. The second-order valence-corrected chi connectivity index (χ2v) is 6.19. The van der Waals surface area contributed by atoms with Crippen LogP contribution < -0.4 is 5.73 Å². The number of aryl methyl sites for hydroxylation is 1. The second kappa shape index (κ2) is 7.34. The van der Waals surface area contributed by atoms with Gasteiger partial charge in [0.2, 0.25) is 0 Å². The fraction of sp³-hybridized carbons (Fsp3) is 0.316. The molecule has 0 saturated carbocycles. The van der Waals surface area contributed by atoms with Crippen LogP contribution in [0.3, 0.4) is 0 Å².